The lowest BCUT2D eigenvalue weighted by Crippen LogP contribution is -1.95. The van der Waals surface area contributed by atoms with Crippen LogP contribution in [0.2, 0.25) is 0 Å². The lowest BCUT2D eigenvalue weighted by molar-refractivity contribution is -0.137. The van der Waals surface area contributed by atoms with Crippen LogP contribution < -0.4 is 0 Å². The molecule has 60 valence electrons. The number of aryl methyl sites for hydroxylation is 1. The van der Waals surface area contributed by atoms with E-state index in [1.807, 2.05) is 18.3 Å². The zero-order valence-corrected chi connectivity index (χ0v) is 6.21. The molecule has 0 aliphatic rings. The Morgan fingerprint density at radius 3 is 3.00 bits per heavy atom. The van der Waals surface area contributed by atoms with E-state index in [1.165, 1.54) is 0 Å². The molecule has 0 saturated heterocycles. The second-order valence-corrected chi connectivity index (χ2v) is 2.44. The van der Waals surface area contributed by atoms with Crippen LogP contribution in [0.5, 0.6) is 0 Å². The number of carboxylic acid groups (broad SMARTS) is 1. The Morgan fingerprint density at radius 1 is 1.64 bits per heavy atom. The number of aromatic nitrogens is 1. The minimum Gasteiger partial charge on any atom is -0.481 e. The zero-order valence-electron chi connectivity index (χ0n) is 6.21. The topological polar surface area (TPSA) is 53.1 Å². The van der Waals surface area contributed by atoms with Crippen molar-refractivity contribution in [3.8, 4) is 0 Å². The highest BCUT2D eigenvalue weighted by atomic mass is 16.4. The van der Waals surface area contributed by atoms with E-state index in [2.05, 4.69) is 4.98 Å². The monoisotopic (exact) mass is 153 g/mol. The second-order valence-electron chi connectivity index (χ2n) is 2.44. The Bertz CT molecular complexity index is 216. The third kappa shape index (κ3) is 2.89. The molecule has 0 unspecified atom stereocenters. The van der Waals surface area contributed by atoms with Gasteiger partial charge in [0.1, 0.15) is 0 Å². The summed E-state index contributed by atoms with van der Waals surface area (Å²) in [5, 5.41) is 8.33. The molecule has 0 atom stereocenters. The molecule has 0 radical (unpaired) electrons. The van der Waals surface area contributed by atoms with Crippen LogP contribution in [0.4, 0.5) is 0 Å². The molecule has 0 aromatic carbocycles. The van der Waals surface area contributed by atoms with Crippen molar-refractivity contribution in [3.63, 3.8) is 0 Å². The van der Waals surface area contributed by atoms with Crippen molar-refractivity contribution in [3.05, 3.63) is 24.0 Å². The van der Waals surface area contributed by atoms with Gasteiger partial charge in [0.05, 0.1) is 0 Å². The average Bonchev–Trinajstić information content (AvgIpc) is 2.39. The predicted molar refractivity (Wildman–Crippen MR) is 41.4 cm³/mol. The van der Waals surface area contributed by atoms with Gasteiger partial charge in [0.15, 0.2) is 0 Å². The van der Waals surface area contributed by atoms with E-state index < -0.39 is 5.97 Å². The van der Waals surface area contributed by atoms with E-state index in [1.54, 1.807) is 0 Å². The minimum atomic E-state index is -0.725. The number of hydrogen-bond donors (Lipinski definition) is 2. The van der Waals surface area contributed by atoms with E-state index >= 15 is 0 Å². The van der Waals surface area contributed by atoms with Crippen molar-refractivity contribution in [2.24, 2.45) is 0 Å². The molecule has 0 fully saturated rings. The highest BCUT2D eigenvalue weighted by molar-refractivity contribution is 5.66. The van der Waals surface area contributed by atoms with Crippen LogP contribution in [0.25, 0.3) is 0 Å². The third-order valence-electron chi connectivity index (χ3n) is 1.50. The van der Waals surface area contributed by atoms with Crippen LogP contribution in [0.1, 0.15) is 18.5 Å². The normalized spacial score (nSPS) is 9.82. The van der Waals surface area contributed by atoms with Gasteiger partial charge in [-0.3, -0.25) is 4.79 Å². The number of H-pyrrole nitrogens is 1. The van der Waals surface area contributed by atoms with Crippen molar-refractivity contribution in [2.45, 2.75) is 19.3 Å². The first kappa shape index (κ1) is 7.85. The Labute approximate surface area is 65.1 Å². The molecule has 0 saturated carbocycles. The van der Waals surface area contributed by atoms with Crippen LogP contribution in [-0.4, -0.2) is 16.1 Å². The van der Waals surface area contributed by atoms with Crippen molar-refractivity contribution >= 4 is 5.97 Å². The van der Waals surface area contributed by atoms with Crippen molar-refractivity contribution < 1.29 is 9.90 Å². The van der Waals surface area contributed by atoms with Crippen LogP contribution in [0, 0.1) is 0 Å². The summed E-state index contributed by atoms with van der Waals surface area (Å²) < 4.78 is 0. The van der Waals surface area contributed by atoms with Gasteiger partial charge in [-0.1, -0.05) is 0 Å². The van der Waals surface area contributed by atoms with Crippen molar-refractivity contribution in [2.75, 3.05) is 0 Å². The molecule has 0 aliphatic heterocycles. The number of rotatable bonds is 4. The molecule has 0 aliphatic carbocycles. The van der Waals surface area contributed by atoms with E-state index in [0.717, 1.165) is 12.1 Å². The maximum atomic E-state index is 10.1. The summed E-state index contributed by atoms with van der Waals surface area (Å²) >= 11 is 0. The van der Waals surface area contributed by atoms with E-state index in [4.69, 9.17) is 5.11 Å². The minimum absolute atomic E-state index is 0.249. The fourth-order valence-corrected chi connectivity index (χ4v) is 0.953. The lowest BCUT2D eigenvalue weighted by Gasteiger charge is -1.93. The number of hydrogen-bond acceptors (Lipinski definition) is 1. The second kappa shape index (κ2) is 3.81. The third-order valence-corrected chi connectivity index (χ3v) is 1.50. The quantitative estimate of drug-likeness (QED) is 0.687. The summed E-state index contributed by atoms with van der Waals surface area (Å²) in [5.41, 5.74) is 1.10. The molecule has 3 heteroatoms. The predicted octanol–water partition coefficient (Wildman–Crippen LogP) is 1.42. The molecule has 1 aromatic heterocycles. The van der Waals surface area contributed by atoms with Crippen LogP contribution in [-0.2, 0) is 11.2 Å². The maximum absolute atomic E-state index is 10.1. The average molecular weight is 153 g/mol. The smallest absolute Gasteiger partial charge is 0.303 e. The molecule has 11 heavy (non-hydrogen) atoms. The van der Waals surface area contributed by atoms with E-state index in [9.17, 15) is 4.79 Å². The summed E-state index contributed by atoms with van der Waals surface area (Å²) in [7, 11) is 0. The number of carbonyl (C=O) groups is 1. The molecule has 1 heterocycles. The van der Waals surface area contributed by atoms with Gasteiger partial charge in [-0.15, -0.1) is 0 Å². The summed E-state index contributed by atoms with van der Waals surface area (Å²) in [6.07, 6.45) is 3.62. The molecule has 0 bridgehead atoms. The first-order chi connectivity index (χ1) is 5.29. The highest BCUT2D eigenvalue weighted by Crippen LogP contribution is 2.01. The summed E-state index contributed by atoms with van der Waals surface area (Å²) in [4.78, 5) is 13.1. The van der Waals surface area contributed by atoms with Gasteiger partial charge in [0, 0.05) is 18.3 Å². The van der Waals surface area contributed by atoms with Gasteiger partial charge >= 0.3 is 5.97 Å². The van der Waals surface area contributed by atoms with Crippen LogP contribution >= 0.6 is 0 Å². The Balaban J connectivity index is 2.19. The summed E-state index contributed by atoms with van der Waals surface area (Å²) in [5.74, 6) is -0.725. The Hall–Kier alpha value is -1.25. The Morgan fingerprint density at radius 2 is 2.45 bits per heavy atom. The number of nitrogens with one attached hydrogen (secondary N) is 1. The number of aliphatic carboxylic acids is 1. The highest BCUT2D eigenvalue weighted by Gasteiger charge is 1.97. The summed E-state index contributed by atoms with van der Waals surface area (Å²) in [6, 6.07) is 3.87. The molecular weight excluding hydrogens is 142 g/mol. The molecule has 3 nitrogen and oxygen atoms in total. The maximum Gasteiger partial charge on any atom is 0.303 e. The molecule has 1 aromatic rings. The van der Waals surface area contributed by atoms with Gasteiger partial charge in [-0.25, -0.2) is 0 Å². The largest absolute Gasteiger partial charge is 0.481 e. The van der Waals surface area contributed by atoms with Crippen LogP contribution in [0.3, 0.4) is 0 Å². The van der Waals surface area contributed by atoms with Crippen molar-refractivity contribution in [1.29, 1.82) is 0 Å². The van der Waals surface area contributed by atoms with Gasteiger partial charge < -0.3 is 10.1 Å². The number of aromatic amines is 1. The molecule has 1 rings (SSSR count). The lowest BCUT2D eigenvalue weighted by atomic mass is 10.2. The Kier molecular flexibility index (Phi) is 2.72. The molecule has 0 amide bonds. The van der Waals surface area contributed by atoms with Crippen LogP contribution in [0.15, 0.2) is 18.3 Å². The molecule has 0 spiro atoms. The molecular formula is C8H11NO2. The van der Waals surface area contributed by atoms with Gasteiger partial charge in [0.25, 0.3) is 0 Å². The fourth-order valence-electron chi connectivity index (χ4n) is 0.953. The van der Waals surface area contributed by atoms with E-state index in [0.29, 0.717) is 6.42 Å². The molecule has 2 N–H and O–H groups in total. The van der Waals surface area contributed by atoms with Gasteiger partial charge in [-0.2, -0.15) is 0 Å². The first-order valence-corrected chi connectivity index (χ1v) is 3.63. The van der Waals surface area contributed by atoms with Crippen molar-refractivity contribution in [1.82, 2.24) is 4.98 Å². The fraction of sp³-hybridized carbons (Fsp3) is 0.375. The summed E-state index contributed by atoms with van der Waals surface area (Å²) in [6.45, 7) is 0. The van der Waals surface area contributed by atoms with Gasteiger partial charge in [0.2, 0.25) is 0 Å². The SMILES string of the molecule is O=C(O)CCCc1ccc[nH]1. The van der Waals surface area contributed by atoms with Gasteiger partial charge in [-0.05, 0) is 25.0 Å². The first-order valence-electron chi connectivity index (χ1n) is 3.63. The zero-order chi connectivity index (χ0) is 8.10. The van der Waals surface area contributed by atoms with E-state index in [-0.39, 0.29) is 6.42 Å². The number of carboxylic acids is 1. The standard InChI is InChI=1S/C8H11NO2/c10-8(11)5-1-3-7-4-2-6-9-7/h2,4,6,9H,1,3,5H2,(H,10,11).